The molecule has 0 saturated carbocycles. The van der Waals surface area contributed by atoms with Gasteiger partial charge in [-0.15, -0.1) is 0 Å². The fourth-order valence-corrected chi connectivity index (χ4v) is 3.22. The van der Waals surface area contributed by atoms with E-state index in [4.69, 9.17) is 0 Å². The molecule has 0 rings (SSSR count). The van der Waals surface area contributed by atoms with E-state index < -0.39 is 0 Å². The standard InChI is InChI=1S/C21H46NO/c1-5-7-8-9-10-11-12-13-14-15-16-17-18-19-20-21(3)22(4,23)6-2/h21,23H,5-20H2,1-4H3/q+1. The molecule has 0 aliphatic carbocycles. The van der Waals surface area contributed by atoms with Gasteiger partial charge in [-0.3, -0.25) is 0 Å². The lowest BCUT2D eigenvalue weighted by Crippen LogP contribution is -2.47. The van der Waals surface area contributed by atoms with Crippen LogP contribution in [0.15, 0.2) is 0 Å². The molecule has 2 atom stereocenters. The van der Waals surface area contributed by atoms with Crippen molar-refractivity contribution < 1.29 is 9.85 Å². The van der Waals surface area contributed by atoms with E-state index in [0.29, 0.717) is 6.04 Å². The molecular formula is C21H46NO+. The van der Waals surface area contributed by atoms with E-state index in [1.165, 1.54) is 89.9 Å². The van der Waals surface area contributed by atoms with Gasteiger partial charge in [0.15, 0.2) is 0 Å². The van der Waals surface area contributed by atoms with Gasteiger partial charge < -0.3 is 0 Å². The second-order valence-corrected chi connectivity index (χ2v) is 7.76. The Balaban J connectivity index is 3.19. The monoisotopic (exact) mass is 328 g/mol. The SMILES string of the molecule is CCCCCCCCCCCCCCCCC(C)[N+](C)(O)CC. The quantitative estimate of drug-likeness (QED) is 0.171. The molecule has 2 nitrogen and oxygen atoms in total. The van der Waals surface area contributed by atoms with E-state index in [1.807, 2.05) is 7.05 Å². The minimum absolute atomic E-state index is 0.179. The topological polar surface area (TPSA) is 20.2 Å². The Kier molecular flexibility index (Phi) is 15.4. The van der Waals surface area contributed by atoms with Crippen molar-refractivity contribution in [3.63, 3.8) is 0 Å². The first kappa shape index (κ1) is 22.9. The molecule has 140 valence electrons. The molecule has 0 bridgehead atoms. The fraction of sp³-hybridized carbons (Fsp3) is 1.00. The summed E-state index contributed by atoms with van der Waals surface area (Å²) in [6.45, 7) is 7.32. The number of unbranched alkanes of at least 4 members (excludes halogenated alkanes) is 13. The first-order chi connectivity index (χ1) is 11.0. The van der Waals surface area contributed by atoms with Crippen LogP contribution in [-0.2, 0) is 0 Å². The van der Waals surface area contributed by atoms with E-state index in [0.717, 1.165) is 13.0 Å². The van der Waals surface area contributed by atoms with Crippen LogP contribution in [0.2, 0.25) is 0 Å². The highest BCUT2D eigenvalue weighted by Crippen LogP contribution is 2.16. The zero-order valence-corrected chi connectivity index (χ0v) is 16.8. The maximum Gasteiger partial charge on any atom is 0.116 e. The van der Waals surface area contributed by atoms with Gasteiger partial charge in [-0.2, -0.15) is 4.65 Å². The highest BCUT2D eigenvalue weighted by atomic mass is 16.5. The maximum absolute atomic E-state index is 10.1. The van der Waals surface area contributed by atoms with Gasteiger partial charge in [0.1, 0.15) is 12.6 Å². The normalized spacial score (nSPS) is 15.5. The fourth-order valence-electron chi connectivity index (χ4n) is 3.22. The molecule has 0 aromatic heterocycles. The van der Waals surface area contributed by atoms with Gasteiger partial charge in [-0.25, -0.2) is 5.21 Å². The molecule has 2 unspecified atom stereocenters. The lowest BCUT2D eigenvalue weighted by atomic mass is 10.0. The van der Waals surface area contributed by atoms with Gasteiger partial charge in [-0.1, -0.05) is 90.4 Å². The van der Waals surface area contributed by atoms with Gasteiger partial charge in [0.2, 0.25) is 0 Å². The Hall–Kier alpha value is -0.0800. The summed E-state index contributed by atoms with van der Waals surface area (Å²) in [7, 11) is 1.93. The Morgan fingerprint density at radius 2 is 1.00 bits per heavy atom. The van der Waals surface area contributed by atoms with Crippen LogP contribution in [0, 0.1) is 0 Å². The summed E-state index contributed by atoms with van der Waals surface area (Å²) in [6, 6.07) is 0.373. The zero-order chi connectivity index (χ0) is 17.4. The molecule has 0 aromatic carbocycles. The van der Waals surface area contributed by atoms with Crippen molar-refractivity contribution in [2.45, 2.75) is 123 Å². The third-order valence-corrected chi connectivity index (χ3v) is 5.57. The van der Waals surface area contributed by atoms with Crippen molar-refractivity contribution in [2.75, 3.05) is 13.6 Å². The van der Waals surface area contributed by atoms with Gasteiger partial charge in [0.25, 0.3) is 0 Å². The van der Waals surface area contributed by atoms with Gasteiger partial charge >= 0.3 is 0 Å². The van der Waals surface area contributed by atoms with Crippen molar-refractivity contribution in [2.24, 2.45) is 0 Å². The molecule has 0 spiro atoms. The van der Waals surface area contributed by atoms with Crippen molar-refractivity contribution in [3.8, 4) is 0 Å². The molecule has 0 heterocycles. The number of hydroxylamine groups is 3. The van der Waals surface area contributed by atoms with E-state index >= 15 is 0 Å². The van der Waals surface area contributed by atoms with Crippen LogP contribution in [-0.4, -0.2) is 29.5 Å². The molecule has 0 fully saturated rings. The highest BCUT2D eigenvalue weighted by Gasteiger charge is 2.24. The number of hydrogen-bond acceptors (Lipinski definition) is 1. The lowest BCUT2D eigenvalue weighted by Gasteiger charge is -2.30. The van der Waals surface area contributed by atoms with Crippen molar-refractivity contribution in [3.05, 3.63) is 0 Å². The summed E-state index contributed by atoms with van der Waals surface area (Å²) in [5.74, 6) is 0. The predicted molar refractivity (Wildman–Crippen MR) is 103 cm³/mol. The summed E-state index contributed by atoms with van der Waals surface area (Å²) in [6.07, 6.45) is 20.9. The molecule has 0 aliphatic rings. The third-order valence-electron chi connectivity index (χ3n) is 5.57. The first-order valence-electron chi connectivity index (χ1n) is 10.6. The molecule has 23 heavy (non-hydrogen) atoms. The molecule has 0 aromatic rings. The molecule has 0 amide bonds. The van der Waals surface area contributed by atoms with E-state index in [2.05, 4.69) is 20.8 Å². The molecule has 0 saturated heterocycles. The van der Waals surface area contributed by atoms with Crippen molar-refractivity contribution in [1.29, 1.82) is 0 Å². The third kappa shape index (κ3) is 14.0. The molecule has 2 heteroatoms. The van der Waals surface area contributed by atoms with Gasteiger partial charge in [0.05, 0.1) is 7.05 Å². The zero-order valence-electron chi connectivity index (χ0n) is 16.8. The molecule has 0 aliphatic heterocycles. The van der Waals surface area contributed by atoms with E-state index in [1.54, 1.807) is 0 Å². The van der Waals surface area contributed by atoms with Gasteiger partial charge in [0, 0.05) is 6.42 Å². The van der Waals surface area contributed by atoms with Crippen LogP contribution in [0.3, 0.4) is 0 Å². The minimum atomic E-state index is 0.179. The van der Waals surface area contributed by atoms with Crippen LogP contribution < -0.4 is 0 Å². The van der Waals surface area contributed by atoms with Crippen LogP contribution in [0.5, 0.6) is 0 Å². The summed E-state index contributed by atoms with van der Waals surface area (Å²) >= 11 is 0. The minimum Gasteiger partial charge on any atom is -0.217 e. The Morgan fingerprint density at radius 3 is 1.35 bits per heavy atom. The summed E-state index contributed by atoms with van der Waals surface area (Å²) in [5.41, 5.74) is 0. The Labute approximate surface area is 147 Å². The summed E-state index contributed by atoms with van der Waals surface area (Å²) in [5, 5.41) is 10.1. The first-order valence-corrected chi connectivity index (χ1v) is 10.6. The number of nitrogens with zero attached hydrogens (tertiary/aromatic N) is 1. The van der Waals surface area contributed by atoms with Crippen LogP contribution >= 0.6 is 0 Å². The van der Waals surface area contributed by atoms with Crippen LogP contribution in [0.4, 0.5) is 0 Å². The second kappa shape index (κ2) is 15.4. The Bertz CT molecular complexity index is 240. The largest absolute Gasteiger partial charge is 0.217 e. The van der Waals surface area contributed by atoms with E-state index in [-0.39, 0.29) is 4.65 Å². The highest BCUT2D eigenvalue weighted by molar-refractivity contribution is 4.53. The summed E-state index contributed by atoms with van der Waals surface area (Å²) in [4.78, 5) is 0. The average Bonchev–Trinajstić information content (AvgIpc) is 2.54. The van der Waals surface area contributed by atoms with Crippen LogP contribution in [0.25, 0.3) is 0 Å². The van der Waals surface area contributed by atoms with E-state index in [9.17, 15) is 5.21 Å². The van der Waals surface area contributed by atoms with Crippen molar-refractivity contribution >= 4 is 0 Å². The summed E-state index contributed by atoms with van der Waals surface area (Å²) < 4.78 is 0.179. The number of rotatable bonds is 17. The predicted octanol–water partition coefficient (Wildman–Crippen LogP) is 7.10. The van der Waals surface area contributed by atoms with Crippen molar-refractivity contribution in [1.82, 2.24) is 0 Å². The second-order valence-electron chi connectivity index (χ2n) is 7.76. The Morgan fingerprint density at radius 1 is 0.652 bits per heavy atom. The van der Waals surface area contributed by atoms with Gasteiger partial charge in [-0.05, 0) is 20.3 Å². The average molecular weight is 329 g/mol. The maximum atomic E-state index is 10.1. The molecule has 0 radical (unpaired) electrons. The number of quaternary nitrogens is 1. The van der Waals surface area contributed by atoms with Crippen LogP contribution in [0.1, 0.15) is 117 Å². The number of hydrogen-bond donors (Lipinski definition) is 1. The lowest BCUT2D eigenvalue weighted by molar-refractivity contribution is -1.10. The smallest absolute Gasteiger partial charge is 0.116 e. The molecule has 1 N–H and O–H groups in total. The molecular weight excluding hydrogens is 282 g/mol.